The molecule has 0 bridgehead atoms. The van der Waals surface area contributed by atoms with Gasteiger partial charge in [-0.2, -0.15) is 13.2 Å². The van der Waals surface area contributed by atoms with E-state index in [2.05, 4.69) is 4.98 Å². The SMILES string of the molecule is COC(=O)c1nc(-c2ccc(C(F)(F)F)c(OC)c2)n2c1CCO[C@H](CF)C2. The number of aromatic nitrogens is 2. The van der Waals surface area contributed by atoms with Gasteiger partial charge in [0, 0.05) is 12.0 Å². The molecule has 28 heavy (non-hydrogen) atoms. The van der Waals surface area contributed by atoms with Crippen molar-refractivity contribution < 1.29 is 36.6 Å². The molecule has 1 aliphatic rings. The maximum absolute atomic E-state index is 13.2. The summed E-state index contributed by atoms with van der Waals surface area (Å²) in [6, 6.07) is 3.31. The molecule has 0 fully saturated rings. The second kappa shape index (κ2) is 7.78. The first-order chi connectivity index (χ1) is 13.3. The number of fused-ring (bicyclic) bond motifs is 1. The van der Waals surface area contributed by atoms with Gasteiger partial charge in [-0.1, -0.05) is 6.07 Å². The normalized spacial score (nSPS) is 17.0. The Morgan fingerprint density at radius 2 is 2.11 bits per heavy atom. The van der Waals surface area contributed by atoms with Crippen molar-refractivity contribution in [2.75, 3.05) is 27.5 Å². The van der Waals surface area contributed by atoms with Crippen LogP contribution in [0.15, 0.2) is 18.2 Å². The van der Waals surface area contributed by atoms with Gasteiger partial charge in [0.15, 0.2) is 5.69 Å². The number of ether oxygens (including phenoxy) is 3. The molecule has 0 unspecified atom stereocenters. The summed E-state index contributed by atoms with van der Waals surface area (Å²) < 4.78 is 69.3. The van der Waals surface area contributed by atoms with E-state index in [1.54, 1.807) is 4.57 Å². The maximum atomic E-state index is 13.2. The van der Waals surface area contributed by atoms with Crippen molar-refractivity contribution >= 4 is 5.97 Å². The highest BCUT2D eigenvalue weighted by molar-refractivity contribution is 5.89. The van der Waals surface area contributed by atoms with Crippen LogP contribution in [0.2, 0.25) is 0 Å². The van der Waals surface area contributed by atoms with Crippen LogP contribution in [0.5, 0.6) is 5.75 Å². The van der Waals surface area contributed by atoms with Gasteiger partial charge < -0.3 is 18.8 Å². The van der Waals surface area contributed by atoms with Crippen molar-refractivity contribution in [2.24, 2.45) is 0 Å². The van der Waals surface area contributed by atoms with Gasteiger partial charge in [-0.3, -0.25) is 0 Å². The number of alkyl halides is 4. The van der Waals surface area contributed by atoms with Gasteiger partial charge in [-0.05, 0) is 12.1 Å². The van der Waals surface area contributed by atoms with E-state index in [1.807, 2.05) is 0 Å². The van der Waals surface area contributed by atoms with Gasteiger partial charge in [0.2, 0.25) is 0 Å². The fourth-order valence-electron chi connectivity index (χ4n) is 3.15. The van der Waals surface area contributed by atoms with Crippen LogP contribution >= 0.6 is 0 Å². The highest BCUT2D eigenvalue weighted by Gasteiger charge is 2.35. The Bertz CT molecular complexity index is 879. The molecular formula is C18H18F4N2O4. The number of nitrogens with zero attached hydrogens (tertiary/aromatic N) is 2. The fraction of sp³-hybridized carbons (Fsp3) is 0.444. The Hall–Kier alpha value is -2.62. The summed E-state index contributed by atoms with van der Waals surface area (Å²) in [6.07, 6.45) is -5.06. The number of rotatable bonds is 4. The van der Waals surface area contributed by atoms with Crippen LogP contribution in [0.3, 0.4) is 0 Å². The van der Waals surface area contributed by atoms with Crippen molar-refractivity contribution in [2.45, 2.75) is 25.2 Å². The van der Waals surface area contributed by atoms with Gasteiger partial charge in [-0.15, -0.1) is 0 Å². The van der Waals surface area contributed by atoms with Crippen molar-refractivity contribution in [3.05, 3.63) is 35.2 Å². The summed E-state index contributed by atoms with van der Waals surface area (Å²) in [5, 5.41) is 0. The predicted octanol–water partition coefficient (Wildman–Crippen LogP) is 3.27. The third-order valence-electron chi connectivity index (χ3n) is 4.47. The van der Waals surface area contributed by atoms with Crippen LogP contribution in [-0.4, -0.2) is 49.1 Å². The van der Waals surface area contributed by atoms with Crippen LogP contribution in [0.25, 0.3) is 11.4 Å². The molecular weight excluding hydrogens is 384 g/mol. The molecule has 3 rings (SSSR count). The average Bonchev–Trinajstić information content (AvgIpc) is 2.89. The largest absolute Gasteiger partial charge is 0.496 e. The highest BCUT2D eigenvalue weighted by Crippen LogP contribution is 2.38. The van der Waals surface area contributed by atoms with Crippen molar-refractivity contribution in [3.8, 4) is 17.1 Å². The molecule has 6 nitrogen and oxygen atoms in total. The molecule has 10 heteroatoms. The quantitative estimate of drug-likeness (QED) is 0.580. The maximum Gasteiger partial charge on any atom is 0.419 e. The fourth-order valence-corrected chi connectivity index (χ4v) is 3.15. The molecule has 1 aromatic heterocycles. The lowest BCUT2D eigenvalue weighted by Gasteiger charge is -2.16. The van der Waals surface area contributed by atoms with Crippen LogP contribution in [0.4, 0.5) is 17.6 Å². The van der Waals surface area contributed by atoms with Gasteiger partial charge >= 0.3 is 12.1 Å². The zero-order valence-corrected chi connectivity index (χ0v) is 15.2. The lowest BCUT2D eigenvalue weighted by atomic mass is 10.1. The third-order valence-corrected chi connectivity index (χ3v) is 4.47. The summed E-state index contributed by atoms with van der Waals surface area (Å²) in [5.41, 5.74) is -0.128. The predicted molar refractivity (Wildman–Crippen MR) is 90.0 cm³/mol. The molecule has 2 heterocycles. The molecule has 0 saturated carbocycles. The highest BCUT2D eigenvalue weighted by atomic mass is 19.4. The molecule has 1 atom stereocenters. The number of benzene rings is 1. The van der Waals surface area contributed by atoms with Gasteiger partial charge in [0.25, 0.3) is 0 Å². The van der Waals surface area contributed by atoms with Crippen LogP contribution in [-0.2, 0) is 28.6 Å². The Labute approximate surface area is 158 Å². The zero-order chi connectivity index (χ0) is 20.5. The Kier molecular flexibility index (Phi) is 5.59. The Morgan fingerprint density at radius 3 is 2.71 bits per heavy atom. The minimum atomic E-state index is -4.59. The van der Waals surface area contributed by atoms with Crippen LogP contribution in [0, 0.1) is 0 Å². The van der Waals surface area contributed by atoms with Gasteiger partial charge in [0.05, 0.1) is 38.6 Å². The molecule has 0 aliphatic carbocycles. The minimum Gasteiger partial charge on any atom is -0.496 e. The lowest BCUT2D eigenvalue weighted by molar-refractivity contribution is -0.138. The van der Waals surface area contributed by atoms with Crippen molar-refractivity contribution in [1.82, 2.24) is 9.55 Å². The zero-order valence-electron chi connectivity index (χ0n) is 15.2. The van der Waals surface area contributed by atoms with Crippen molar-refractivity contribution in [3.63, 3.8) is 0 Å². The van der Waals surface area contributed by atoms with E-state index in [9.17, 15) is 22.4 Å². The number of imidazole rings is 1. The molecule has 0 N–H and O–H groups in total. The number of methoxy groups -OCH3 is 2. The first-order valence-electron chi connectivity index (χ1n) is 8.41. The molecule has 0 amide bonds. The number of carbonyl (C=O) groups is 1. The average molecular weight is 402 g/mol. The number of halogens is 4. The van der Waals surface area contributed by atoms with Crippen LogP contribution < -0.4 is 4.74 Å². The summed E-state index contributed by atoms with van der Waals surface area (Å²) in [7, 11) is 2.33. The topological polar surface area (TPSA) is 62.6 Å². The molecule has 0 spiro atoms. The number of carbonyl (C=O) groups excluding carboxylic acids is 1. The summed E-state index contributed by atoms with van der Waals surface area (Å²) >= 11 is 0. The number of esters is 1. The summed E-state index contributed by atoms with van der Waals surface area (Å²) in [4.78, 5) is 16.4. The second-order valence-electron chi connectivity index (χ2n) is 6.14. The third kappa shape index (κ3) is 3.68. The van der Waals surface area contributed by atoms with E-state index in [-0.39, 0.29) is 36.8 Å². The minimum absolute atomic E-state index is 0.0273. The van der Waals surface area contributed by atoms with E-state index in [0.717, 1.165) is 13.2 Å². The number of hydrogen-bond acceptors (Lipinski definition) is 5. The molecule has 152 valence electrons. The van der Waals surface area contributed by atoms with Gasteiger partial charge in [-0.25, -0.2) is 14.2 Å². The van der Waals surface area contributed by atoms with E-state index >= 15 is 0 Å². The van der Waals surface area contributed by atoms with E-state index < -0.39 is 30.5 Å². The molecule has 0 radical (unpaired) electrons. The van der Waals surface area contributed by atoms with Crippen LogP contribution in [0.1, 0.15) is 21.7 Å². The molecule has 1 aliphatic heterocycles. The standard InChI is InChI=1S/C18H18F4N2O4/c1-26-14-7-10(3-4-12(14)18(20,21)22)16-23-15(17(25)27-2)13-5-6-28-11(8-19)9-24(13)16/h3-4,7,11H,5-6,8-9H2,1-2H3/t11-/m1/s1. The monoisotopic (exact) mass is 402 g/mol. The smallest absolute Gasteiger partial charge is 0.419 e. The van der Waals surface area contributed by atoms with E-state index in [1.165, 1.54) is 19.2 Å². The number of hydrogen-bond donors (Lipinski definition) is 0. The Balaban J connectivity index is 2.16. The van der Waals surface area contributed by atoms with Gasteiger partial charge in [0.1, 0.15) is 24.4 Å². The molecule has 2 aromatic rings. The molecule has 1 aromatic carbocycles. The first-order valence-corrected chi connectivity index (χ1v) is 8.41. The van der Waals surface area contributed by atoms with E-state index in [0.29, 0.717) is 11.3 Å². The van der Waals surface area contributed by atoms with E-state index in [4.69, 9.17) is 14.2 Å². The van der Waals surface area contributed by atoms with Crippen molar-refractivity contribution in [1.29, 1.82) is 0 Å². The Morgan fingerprint density at radius 1 is 1.36 bits per heavy atom. The second-order valence-corrected chi connectivity index (χ2v) is 6.14. The first kappa shape index (κ1) is 20.1. The summed E-state index contributed by atoms with van der Waals surface area (Å²) in [6.45, 7) is -0.504. The molecule has 0 saturated heterocycles. The lowest BCUT2D eigenvalue weighted by Crippen LogP contribution is -2.21. The summed E-state index contributed by atoms with van der Waals surface area (Å²) in [5.74, 6) is -0.854.